The number of aromatic amines is 2. The summed E-state index contributed by atoms with van der Waals surface area (Å²) in [5.41, 5.74) is 1.95. The van der Waals surface area contributed by atoms with Gasteiger partial charge in [0.05, 0.1) is 5.69 Å². The molecule has 0 radical (unpaired) electrons. The molecule has 0 saturated heterocycles. The number of benzene rings is 1. The molecule has 0 saturated carbocycles. The molecule has 0 aliphatic carbocycles. The standard InChI is InChI=1S/C18H13F2N7O/c19-12-4-10(5-13(20)7-12)6-16-22-18(27-26-16)23-17(28)15-8-14(24-25-15)11-2-1-3-21-9-11/h1-5,7-9H,6H2,(H,24,25)(H2,22,23,26,27,28). The summed E-state index contributed by atoms with van der Waals surface area (Å²) in [5.74, 6) is -1.45. The van der Waals surface area contributed by atoms with Crippen LogP contribution in [0.3, 0.4) is 0 Å². The number of halogens is 2. The minimum Gasteiger partial charge on any atom is -0.288 e. The predicted octanol–water partition coefficient (Wildman–Crippen LogP) is 2.71. The number of aromatic nitrogens is 6. The van der Waals surface area contributed by atoms with Crippen molar-refractivity contribution in [2.45, 2.75) is 6.42 Å². The molecule has 0 unspecified atom stereocenters. The zero-order valence-electron chi connectivity index (χ0n) is 14.3. The summed E-state index contributed by atoms with van der Waals surface area (Å²) in [7, 11) is 0. The average molecular weight is 381 g/mol. The van der Waals surface area contributed by atoms with E-state index in [1.165, 1.54) is 12.1 Å². The SMILES string of the molecule is O=C(Nc1n[nH]c(Cc2cc(F)cc(F)c2)n1)c1cc(-c2cccnc2)n[nH]1. The zero-order chi connectivity index (χ0) is 19.5. The molecule has 0 aliphatic heterocycles. The molecule has 1 aromatic carbocycles. The first-order valence-corrected chi connectivity index (χ1v) is 8.20. The van der Waals surface area contributed by atoms with Gasteiger partial charge >= 0.3 is 0 Å². The number of hydrogen-bond acceptors (Lipinski definition) is 5. The summed E-state index contributed by atoms with van der Waals surface area (Å²) in [6.07, 6.45) is 3.41. The number of anilines is 1. The number of hydrogen-bond donors (Lipinski definition) is 3. The van der Waals surface area contributed by atoms with E-state index in [0.29, 0.717) is 17.1 Å². The van der Waals surface area contributed by atoms with Gasteiger partial charge in [0.25, 0.3) is 5.91 Å². The molecule has 4 aromatic rings. The minimum absolute atomic E-state index is 0.0365. The van der Waals surface area contributed by atoms with Crippen molar-refractivity contribution in [3.63, 3.8) is 0 Å². The van der Waals surface area contributed by atoms with E-state index in [-0.39, 0.29) is 18.1 Å². The molecule has 4 rings (SSSR count). The van der Waals surface area contributed by atoms with Gasteiger partial charge in [0.2, 0.25) is 5.95 Å². The number of nitrogens with one attached hydrogen (secondary N) is 3. The lowest BCUT2D eigenvalue weighted by Crippen LogP contribution is -2.13. The molecule has 0 aliphatic rings. The first-order chi connectivity index (χ1) is 13.6. The fraction of sp³-hybridized carbons (Fsp3) is 0.0556. The molecule has 140 valence electrons. The van der Waals surface area contributed by atoms with Gasteiger partial charge in [-0.2, -0.15) is 10.1 Å². The van der Waals surface area contributed by atoms with Crippen molar-refractivity contribution < 1.29 is 13.6 Å². The molecule has 0 spiro atoms. The second-order valence-electron chi connectivity index (χ2n) is 5.92. The lowest BCUT2D eigenvalue weighted by atomic mass is 10.1. The van der Waals surface area contributed by atoms with Gasteiger partial charge in [-0.1, -0.05) is 0 Å². The van der Waals surface area contributed by atoms with Crippen molar-refractivity contribution in [3.05, 3.63) is 77.5 Å². The molecule has 3 N–H and O–H groups in total. The van der Waals surface area contributed by atoms with Crippen molar-refractivity contribution in [1.82, 2.24) is 30.4 Å². The van der Waals surface area contributed by atoms with Crippen LogP contribution in [0.1, 0.15) is 21.9 Å². The van der Waals surface area contributed by atoms with E-state index in [4.69, 9.17) is 0 Å². The largest absolute Gasteiger partial charge is 0.288 e. The lowest BCUT2D eigenvalue weighted by molar-refractivity contribution is 0.102. The fourth-order valence-electron chi connectivity index (χ4n) is 2.61. The predicted molar refractivity (Wildman–Crippen MR) is 95.3 cm³/mol. The first-order valence-electron chi connectivity index (χ1n) is 8.20. The van der Waals surface area contributed by atoms with Gasteiger partial charge < -0.3 is 0 Å². The maximum Gasteiger partial charge on any atom is 0.276 e. The number of pyridine rings is 1. The Morgan fingerprint density at radius 3 is 2.64 bits per heavy atom. The van der Waals surface area contributed by atoms with Crippen LogP contribution in [0.25, 0.3) is 11.3 Å². The summed E-state index contributed by atoms with van der Waals surface area (Å²) in [5, 5.41) is 15.8. The van der Waals surface area contributed by atoms with Crippen molar-refractivity contribution >= 4 is 11.9 Å². The molecule has 10 heteroatoms. The normalized spacial score (nSPS) is 10.8. The van der Waals surface area contributed by atoms with Gasteiger partial charge in [-0.05, 0) is 35.9 Å². The summed E-state index contributed by atoms with van der Waals surface area (Å²) in [4.78, 5) is 20.4. The van der Waals surface area contributed by atoms with Crippen LogP contribution in [0, 0.1) is 11.6 Å². The van der Waals surface area contributed by atoms with E-state index in [2.05, 4.69) is 35.7 Å². The fourth-order valence-corrected chi connectivity index (χ4v) is 2.61. The number of carbonyl (C=O) groups excluding carboxylic acids is 1. The van der Waals surface area contributed by atoms with Gasteiger partial charge in [0.15, 0.2) is 0 Å². The van der Waals surface area contributed by atoms with E-state index >= 15 is 0 Å². The molecule has 3 aromatic heterocycles. The number of carbonyl (C=O) groups is 1. The van der Waals surface area contributed by atoms with Crippen LogP contribution in [0.15, 0.2) is 48.8 Å². The number of H-pyrrole nitrogens is 2. The quantitative estimate of drug-likeness (QED) is 0.492. The van der Waals surface area contributed by atoms with Crippen LogP contribution in [0.4, 0.5) is 14.7 Å². The van der Waals surface area contributed by atoms with E-state index in [9.17, 15) is 13.6 Å². The number of rotatable bonds is 5. The summed E-state index contributed by atoms with van der Waals surface area (Å²) in [6.45, 7) is 0. The Morgan fingerprint density at radius 2 is 1.89 bits per heavy atom. The Kier molecular flexibility index (Phi) is 4.58. The molecule has 28 heavy (non-hydrogen) atoms. The number of nitrogens with zero attached hydrogens (tertiary/aromatic N) is 4. The van der Waals surface area contributed by atoms with Crippen LogP contribution in [0.5, 0.6) is 0 Å². The van der Waals surface area contributed by atoms with Crippen molar-refractivity contribution in [2.75, 3.05) is 5.32 Å². The Labute approximate surface area is 157 Å². The van der Waals surface area contributed by atoms with Gasteiger partial charge in [0, 0.05) is 30.4 Å². The second kappa shape index (κ2) is 7.35. The van der Waals surface area contributed by atoms with Crippen LogP contribution in [-0.4, -0.2) is 36.3 Å². The maximum atomic E-state index is 13.3. The average Bonchev–Trinajstić information content (AvgIpc) is 3.31. The van der Waals surface area contributed by atoms with Crippen molar-refractivity contribution in [2.24, 2.45) is 0 Å². The first kappa shape index (κ1) is 17.5. The van der Waals surface area contributed by atoms with Gasteiger partial charge in [-0.25, -0.2) is 8.78 Å². The van der Waals surface area contributed by atoms with Crippen LogP contribution in [0.2, 0.25) is 0 Å². The molecule has 0 fully saturated rings. The van der Waals surface area contributed by atoms with Crippen LogP contribution >= 0.6 is 0 Å². The third kappa shape index (κ3) is 3.90. The van der Waals surface area contributed by atoms with Gasteiger partial charge in [-0.15, -0.1) is 5.10 Å². The van der Waals surface area contributed by atoms with E-state index in [0.717, 1.165) is 11.6 Å². The number of amides is 1. The molecular weight excluding hydrogens is 368 g/mol. The van der Waals surface area contributed by atoms with E-state index < -0.39 is 17.5 Å². The molecular formula is C18H13F2N7O. The smallest absolute Gasteiger partial charge is 0.276 e. The summed E-state index contributed by atoms with van der Waals surface area (Å²) < 4.78 is 26.5. The molecule has 0 atom stereocenters. The Balaban J connectivity index is 1.44. The highest BCUT2D eigenvalue weighted by molar-refractivity contribution is 6.02. The van der Waals surface area contributed by atoms with Gasteiger partial charge in [-0.3, -0.25) is 25.3 Å². The third-order valence-corrected chi connectivity index (χ3v) is 3.83. The Bertz CT molecular complexity index is 1100. The second-order valence-corrected chi connectivity index (χ2v) is 5.92. The highest BCUT2D eigenvalue weighted by Gasteiger charge is 2.14. The monoisotopic (exact) mass is 381 g/mol. The van der Waals surface area contributed by atoms with E-state index in [1.54, 1.807) is 24.5 Å². The van der Waals surface area contributed by atoms with Crippen LogP contribution < -0.4 is 5.32 Å². The minimum atomic E-state index is -0.674. The molecule has 3 heterocycles. The molecule has 0 bridgehead atoms. The Hall–Kier alpha value is -3.95. The Morgan fingerprint density at radius 1 is 1.07 bits per heavy atom. The van der Waals surface area contributed by atoms with Crippen molar-refractivity contribution in [3.8, 4) is 11.3 Å². The lowest BCUT2D eigenvalue weighted by Gasteiger charge is -1.99. The van der Waals surface area contributed by atoms with Crippen molar-refractivity contribution in [1.29, 1.82) is 0 Å². The molecule has 1 amide bonds. The highest BCUT2D eigenvalue weighted by atomic mass is 19.1. The molecule has 8 nitrogen and oxygen atoms in total. The topological polar surface area (TPSA) is 112 Å². The van der Waals surface area contributed by atoms with E-state index in [1.807, 2.05) is 6.07 Å². The van der Waals surface area contributed by atoms with Gasteiger partial charge in [0.1, 0.15) is 23.2 Å². The highest BCUT2D eigenvalue weighted by Crippen LogP contribution is 2.16. The third-order valence-electron chi connectivity index (χ3n) is 3.83. The zero-order valence-corrected chi connectivity index (χ0v) is 14.3. The van der Waals surface area contributed by atoms with Crippen LogP contribution in [-0.2, 0) is 6.42 Å². The maximum absolute atomic E-state index is 13.3. The summed E-state index contributed by atoms with van der Waals surface area (Å²) in [6, 6.07) is 8.36. The summed E-state index contributed by atoms with van der Waals surface area (Å²) >= 11 is 0.